The number of allylic oxidation sites excluding steroid dienone is 1. The van der Waals surface area contributed by atoms with E-state index in [-0.39, 0.29) is 0 Å². The average molecular weight is 182 g/mol. The summed E-state index contributed by atoms with van der Waals surface area (Å²) in [5.74, 6) is 1.13. The van der Waals surface area contributed by atoms with Gasteiger partial charge in [0.25, 0.3) is 0 Å². The number of azo groups is 1. The normalized spacial score (nSPS) is 15.4. The first-order valence-electron chi connectivity index (χ1n) is 5.23. The zero-order valence-corrected chi connectivity index (χ0v) is 9.76. The van der Waals surface area contributed by atoms with Crippen molar-refractivity contribution in [1.29, 1.82) is 0 Å². The minimum atomic E-state index is 0.527. The smallest absolute Gasteiger partial charge is 0.0837 e. The quantitative estimate of drug-likeness (QED) is 0.615. The highest BCUT2D eigenvalue weighted by Crippen LogP contribution is 2.27. The van der Waals surface area contributed by atoms with Crippen molar-refractivity contribution in [2.45, 2.75) is 41.5 Å². The van der Waals surface area contributed by atoms with Crippen LogP contribution in [-0.4, -0.2) is 6.54 Å². The SMILES string of the molecule is CC.CC(C)C1=C(C(C)C)N=NC1. The number of hydrogen-bond donors (Lipinski definition) is 0. The summed E-state index contributed by atoms with van der Waals surface area (Å²) in [6.07, 6.45) is 0. The molecule has 0 saturated carbocycles. The van der Waals surface area contributed by atoms with Crippen molar-refractivity contribution < 1.29 is 0 Å². The van der Waals surface area contributed by atoms with Gasteiger partial charge < -0.3 is 0 Å². The Morgan fingerprint density at radius 2 is 1.54 bits per heavy atom. The second-order valence-corrected chi connectivity index (χ2v) is 3.62. The molecule has 1 aliphatic heterocycles. The monoisotopic (exact) mass is 182 g/mol. The molecule has 0 aliphatic carbocycles. The van der Waals surface area contributed by atoms with E-state index in [4.69, 9.17) is 0 Å². The van der Waals surface area contributed by atoms with E-state index < -0.39 is 0 Å². The molecule has 0 radical (unpaired) electrons. The standard InChI is InChI=1S/C9H16N2.C2H6/c1-6(2)8-5-10-11-9(8)7(3)4;1-2/h6-7H,5H2,1-4H3;1-2H3. The van der Waals surface area contributed by atoms with Gasteiger partial charge in [-0.2, -0.15) is 10.2 Å². The van der Waals surface area contributed by atoms with Crippen molar-refractivity contribution in [2.24, 2.45) is 22.1 Å². The fraction of sp³-hybridized carbons (Fsp3) is 0.818. The maximum Gasteiger partial charge on any atom is 0.0837 e. The van der Waals surface area contributed by atoms with Crippen molar-refractivity contribution in [2.75, 3.05) is 6.54 Å². The molecule has 0 bridgehead atoms. The van der Waals surface area contributed by atoms with Crippen molar-refractivity contribution in [3.05, 3.63) is 11.3 Å². The molecule has 0 aromatic heterocycles. The van der Waals surface area contributed by atoms with Gasteiger partial charge in [0.2, 0.25) is 0 Å². The molecule has 13 heavy (non-hydrogen) atoms. The number of hydrogen-bond acceptors (Lipinski definition) is 2. The fourth-order valence-corrected chi connectivity index (χ4v) is 1.30. The van der Waals surface area contributed by atoms with Crippen molar-refractivity contribution in [3.8, 4) is 0 Å². The van der Waals surface area contributed by atoms with Crippen LogP contribution in [0.25, 0.3) is 0 Å². The third-order valence-electron chi connectivity index (χ3n) is 1.99. The summed E-state index contributed by atoms with van der Waals surface area (Å²) in [4.78, 5) is 0. The van der Waals surface area contributed by atoms with Crippen LogP contribution in [0.5, 0.6) is 0 Å². The van der Waals surface area contributed by atoms with Crippen LogP contribution >= 0.6 is 0 Å². The van der Waals surface area contributed by atoms with E-state index >= 15 is 0 Å². The summed E-state index contributed by atoms with van der Waals surface area (Å²) in [5.41, 5.74) is 2.63. The Kier molecular flexibility index (Phi) is 5.60. The Balaban J connectivity index is 0.000000671. The molecular weight excluding hydrogens is 160 g/mol. The molecule has 0 spiro atoms. The van der Waals surface area contributed by atoms with E-state index in [9.17, 15) is 0 Å². The van der Waals surface area contributed by atoms with Crippen LogP contribution in [0.15, 0.2) is 21.5 Å². The maximum absolute atomic E-state index is 4.14. The van der Waals surface area contributed by atoms with Crippen LogP contribution in [0.3, 0.4) is 0 Å². The Hall–Kier alpha value is -0.660. The van der Waals surface area contributed by atoms with Crippen LogP contribution < -0.4 is 0 Å². The summed E-state index contributed by atoms with van der Waals surface area (Å²) < 4.78 is 0. The average Bonchev–Trinajstić information content (AvgIpc) is 2.55. The first-order chi connectivity index (χ1) is 6.13. The van der Waals surface area contributed by atoms with Crippen LogP contribution in [0.4, 0.5) is 0 Å². The molecule has 1 aliphatic rings. The molecule has 0 atom stereocenters. The molecule has 1 rings (SSSR count). The summed E-state index contributed by atoms with van der Waals surface area (Å²) >= 11 is 0. The predicted molar refractivity (Wildman–Crippen MR) is 57.8 cm³/mol. The second-order valence-electron chi connectivity index (χ2n) is 3.62. The highest BCUT2D eigenvalue weighted by atomic mass is 15.1. The summed E-state index contributed by atoms with van der Waals surface area (Å²) in [6, 6.07) is 0. The molecule has 0 unspecified atom stereocenters. The molecule has 1 heterocycles. The molecule has 0 amide bonds. The second kappa shape index (κ2) is 5.90. The van der Waals surface area contributed by atoms with E-state index in [1.54, 1.807) is 0 Å². The summed E-state index contributed by atoms with van der Waals surface area (Å²) in [7, 11) is 0. The van der Waals surface area contributed by atoms with E-state index in [0.29, 0.717) is 11.8 Å². The zero-order valence-electron chi connectivity index (χ0n) is 9.76. The van der Waals surface area contributed by atoms with Gasteiger partial charge in [0, 0.05) is 0 Å². The molecule has 0 aromatic rings. The van der Waals surface area contributed by atoms with Crippen LogP contribution in [-0.2, 0) is 0 Å². The Labute approximate surface area is 82.1 Å². The zero-order chi connectivity index (χ0) is 10.4. The Morgan fingerprint density at radius 1 is 1.00 bits per heavy atom. The lowest BCUT2D eigenvalue weighted by Crippen LogP contribution is -2.01. The van der Waals surface area contributed by atoms with Gasteiger partial charge in [-0.25, -0.2) is 0 Å². The van der Waals surface area contributed by atoms with Gasteiger partial charge in [0.05, 0.1) is 12.2 Å². The fourth-order valence-electron chi connectivity index (χ4n) is 1.30. The number of rotatable bonds is 2. The molecule has 0 saturated heterocycles. The van der Waals surface area contributed by atoms with E-state index in [1.807, 2.05) is 13.8 Å². The molecule has 0 N–H and O–H groups in total. The first-order valence-corrected chi connectivity index (χ1v) is 5.23. The lowest BCUT2D eigenvalue weighted by atomic mass is 9.97. The van der Waals surface area contributed by atoms with E-state index in [1.165, 1.54) is 11.3 Å². The van der Waals surface area contributed by atoms with Gasteiger partial charge in [-0.3, -0.25) is 0 Å². The highest BCUT2D eigenvalue weighted by Gasteiger charge is 2.17. The van der Waals surface area contributed by atoms with Gasteiger partial charge >= 0.3 is 0 Å². The minimum absolute atomic E-state index is 0.527. The van der Waals surface area contributed by atoms with E-state index in [2.05, 4.69) is 37.9 Å². The van der Waals surface area contributed by atoms with Crippen LogP contribution in [0, 0.1) is 11.8 Å². The Morgan fingerprint density at radius 3 is 1.85 bits per heavy atom. The minimum Gasteiger partial charge on any atom is -0.184 e. The van der Waals surface area contributed by atoms with Gasteiger partial charge in [-0.15, -0.1) is 0 Å². The molecule has 2 heteroatoms. The van der Waals surface area contributed by atoms with Gasteiger partial charge in [-0.1, -0.05) is 41.5 Å². The van der Waals surface area contributed by atoms with Crippen molar-refractivity contribution >= 4 is 0 Å². The lowest BCUT2D eigenvalue weighted by molar-refractivity contribution is 0.695. The van der Waals surface area contributed by atoms with Crippen LogP contribution in [0.1, 0.15) is 41.5 Å². The largest absolute Gasteiger partial charge is 0.184 e. The summed E-state index contributed by atoms with van der Waals surface area (Å²) in [5, 5.41) is 8.18. The topological polar surface area (TPSA) is 24.7 Å². The molecule has 2 nitrogen and oxygen atoms in total. The van der Waals surface area contributed by atoms with Gasteiger partial charge in [-0.05, 0) is 17.4 Å². The molecule has 0 aromatic carbocycles. The first kappa shape index (κ1) is 12.3. The van der Waals surface area contributed by atoms with Crippen molar-refractivity contribution in [1.82, 2.24) is 0 Å². The highest BCUT2D eigenvalue weighted by molar-refractivity contribution is 5.21. The van der Waals surface area contributed by atoms with Gasteiger partial charge in [0.15, 0.2) is 0 Å². The summed E-state index contributed by atoms with van der Waals surface area (Å²) in [6.45, 7) is 13.6. The van der Waals surface area contributed by atoms with Crippen molar-refractivity contribution in [3.63, 3.8) is 0 Å². The third kappa shape index (κ3) is 3.29. The molecule has 76 valence electrons. The van der Waals surface area contributed by atoms with E-state index in [0.717, 1.165) is 6.54 Å². The van der Waals surface area contributed by atoms with Gasteiger partial charge in [0.1, 0.15) is 0 Å². The number of nitrogens with zero attached hydrogens (tertiary/aromatic N) is 2. The maximum atomic E-state index is 4.14. The molecule has 0 fully saturated rings. The predicted octanol–water partition coefficient (Wildman–Crippen LogP) is 4.04. The Bertz CT molecular complexity index is 200. The molecular formula is C11H22N2. The third-order valence-corrected chi connectivity index (χ3v) is 1.99. The lowest BCUT2D eigenvalue weighted by Gasteiger charge is -2.09. The van der Waals surface area contributed by atoms with Crippen LogP contribution in [0.2, 0.25) is 0 Å².